The lowest BCUT2D eigenvalue weighted by Crippen LogP contribution is -2.50. The molecule has 0 aliphatic carbocycles. The molecule has 0 bridgehead atoms. The first-order chi connectivity index (χ1) is 9.86. The Morgan fingerprint density at radius 3 is 2.43 bits per heavy atom. The maximum absolute atomic E-state index is 12.6. The number of piperazine rings is 1. The third-order valence-corrected chi connectivity index (χ3v) is 5.73. The van der Waals surface area contributed by atoms with Gasteiger partial charge in [0.05, 0.1) is 12.8 Å². The van der Waals surface area contributed by atoms with Crippen LogP contribution in [0.4, 0.5) is 10.5 Å². The Kier molecular flexibility index (Phi) is 4.74. The van der Waals surface area contributed by atoms with Gasteiger partial charge in [-0.3, -0.25) is 0 Å². The highest BCUT2D eigenvalue weighted by molar-refractivity contribution is 9.10. The average Bonchev–Trinajstić information content (AvgIpc) is 2.46. The van der Waals surface area contributed by atoms with Gasteiger partial charge < -0.3 is 15.4 Å². The van der Waals surface area contributed by atoms with Crippen molar-refractivity contribution in [1.82, 2.24) is 9.21 Å². The minimum Gasteiger partial charge on any atom is -0.453 e. The number of benzene rings is 1. The monoisotopic (exact) mass is 377 g/mol. The number of hydrogen-bond donors (Lipinski definition) is 1. The van der Waals surface area contributed by atoms with E-state index in [1.807, 2.05) is 0 Å². The van der Waals surface area contributed by atoms with Gasteiger partial charge in [-0.15, -0.1) is 0 Å². The molecule has 1 aliphatic heterocycles. The van der Waals surface area contributed by atoms with Gasteiger partial charge >= 0.3 is 6.09 Å². The van der Waals surface area contributed by atoms with Crippen LogP contribution < -0.4 is 5.73 Å². The van der Waals surface area contributed by atoms with Crippen LogP contribution in [-0.4, -0.2) is 57.0 Å². The van der Waals surface area contributed by atoms with E-state index in [1.165, 1.54) is 22.4 Å². The number of amides is 1. The highest BCUT2D eigenvalue weighted by Gasteiger charge is 2.31. The third-order valence-electron chi connectivity index (χ3n) is 3.26. The van der Waals surface area contributed by atoms with Crippen molar-refractivity contribution >= 4 is 37.7 Å². The van der Waals surface area contributed by atoms with Crippen molar-refractivity contribution in [2.75, 3.05) is 39.0 Å². The number of carbonyl (C=O) groups excluding carboxylic acids is 1. The Balaban J connectivity index is 2.17. The van der Waals surface area contributed by atoms with Crippen molar-refractivity contribution in [3.8, 4) is 0 Å². The third kappa shape index (κ3) is 3.30. The first-order valence-electron chi connectivity index (χ1n) is 6.24. The molecule has 7 nitrogen and oxygen atoms in total. The number of ether oxygens (including phenoxy) is 1. The number of hydrogen-bond acceptors (Lipinski definition) is 5. The standard InChI is InChI=1S/C12H16BrN3O4S/c1-20-12(17)15-4-6-16(7-5-15)21(18,19)11-3-2-9(13)8-10(11)14/h2-3,8H,4-7,14H2,1H3. The maximum atomic E-state index is 12.6. The Morgan fingerprint density at radius 1 is 1.29 bits per heavy atom. The van der Waals surface area contributed by atoms with E-state index in [-0.39, 0.29) is 23.7 Å². The van der Waals surface area contributed by atoms with E-state index < -0.39 is 16.1 Å². The van der Waals surface area contributed by atoms with Gasteiger partial charge in [-0.2, -0.15) is 4.31 Å². The smallest absolute Gasteiger partial charge is 0.409 e. The molecule has 0 saturated carbocycles. The van der Waals surface area contributed by atoms with E-state index >= 15 is 0 Å². The molecule has 0 spiro atoms. The van der Waals surface area contributed by atoms with E-state index in [0.29, 0.717) is 13.1 Å². The molecule has 9 heteroatoms. The second kappa shape index (κ2) is 6.20. The van der Waals surface area contributed by atoms with Crippen LogP contribution in [0.5, 0.6) is 0 Å². The zero-order valence-electron chi connectivity index (χ0n) is 11.5. The summed E-state index contributed by atoms with van der Waals surface area (Å²) in [5.74, 6) is 0. The summed E-state index contributed by atoms with van der Waals surface area (Å²) in [4.78, 5) is 12.9. The van der Waals surface area contributed by atoms with Gasteiger partial charge in [0, 0.05) is 30.7 Å². The fourth-order valence-corrected chi connectivity index (χ4v) is 4.03. The lowest BCUT2D eigenvalue weighted by atomic mass is 10.3. The van der Waals surface area contributed by atoms with Gasteiger partial charge in [0.25, 0.3) is 0 Å². The van der Waals surface area contributed by atoms with Crippen molar-refractivity contribution in [2.45, 2.75) is 4.90 Å². The first-order valence-corrected chi connectivity index (χ1v) is 8.47. The zero-order chi connectivity index (χ0) is 15.6. The molecule has 1 aromatic carbocycles. The molecule has 2 N–H and O–H groups in total. The summed E-state index contributed by atoms with van der Waals surface area (Å²) < 4.78 is 31.8. The molecular weight excluding hydrogens is 362 g/mol. The fraction of sp³-hybridized carbons (Fsp3) is 0.417. The molecule has 116 valence electrons. The summed E-state index contributed by atoms with van der Waals surface area (Å²) in [6.07, 6.45) is -0.449. The van der Waals surface area contributed by atoms with Gasteiger partial charge in [0.15, 0.2) is 0 Å². The second-order valence-corrected chi connectivity index (χ2v) is 7.37. The molecule has 21 heavy (non-hydrogen) atoms. The topological polar surface area (TPSA) is 92.9 Å². The molecule has 2 rings (SSSR count). The van der Waals surface area contributed by atoms with Gasteiger partial charge in [-0.25, -0.2) is 13.2 Å². The van der Waals surface area contributed by atoms with Crippen molar-refractivity contribution in [1.29, 1.82) is 0 Å². The highest BCUT2D eigenvalue weighted by atomic mass is 79.9. The number of sulfonamides is 1. The van der Waals surface area contributed by atoms with Crippen LogP contribution in [0.2, 0.25) is 0 Å². The highest BCUT2D eigenvalue weighted by Crippen LogP contribution is 2.26. The molecule has 0 radical (unpaired) electrons. The van der Waals surface area contributed by atoms with Gasteiger partial charge in [0.1, 0.15) is 4.90 Å². The van der Waals surface area contributed by atoms with Crippen LogP contribution in [0.3, 0.4) is 0 Å². The number of rotatable bonds is 2. The van der Waals surface area contributed by atoms with E-state index in [0.717, 1.165) is 4.47 Å². The Morgan fingerprint density at radius 2 is 1.90 bits per heavy atom. The summed E-state index contributed by atoms with van der Waals surface area (Å²) in [6.45, 7) is 1.02. The van der Waals surface area contributed by atoms with E-state index in [4.69, 9.17) is 5.73 Å². The van der Waals surface area contributed by atoms with E-state index in [2.05, 4.69) is 20.7 Å². The molecular formula is C12H16BrN3O4S. The number of methoxy groups -OCH3 is 1. The Bertz CT molecular complexity index is 642. The fourth-order valence-electron chi connectivity index (χ4n) is 2.13. The molecule has 0 aromatic heterocycles. The van der Waals surface area contributed by atoms with Crippen LogP contribution in [0.1, 0.15) is 0 Å². The summed E-state index contributed by atoms with van der Waals surface area (Å²) >= 11 is 3.24. The van der Waals surface area contributed by atoms with E-state index in [1.54, 1.807) is 12.1 Å². The first kappa shape index (κ1) is 16.1. The summed E-state index contributed by atoms with van der Waals surface area (Å²) in [7, 11) is -2.36. The quantitative estimate of drug-likeness (QED) is 0.779. The number of halogens is 1. The number of carbonyl (C=O) groups is 1. The summed E-state index contributed by atoms with van der Waals surface area (Å²) in [5, 5.41) is 0. The molecule has 1 saturated heterocycles. The number of anilines is 1. The lowest BCUT2D eigenvalue weighted by Gasteiger charge is -2.33. The largest absolute Gasteiger partial charge is 0.453 e. The predicted octanol–water partition coefficient (Wildman–Crippen LogP) is 1.10. The summed E-state index contributed by atoms with van der Waals surface area (Å²) in [6, 6.07) is 4.66. The molecule has 0 atom stereocenters. The van der Waals surface area contributed by atoms with Crippen LogP contribution >= 0.6 is 15.9 Å². The van der Waals surface area contributed by atoms with Gasteiger partial charge in [0.2, 0.25) is 10.0 Å². The van der Waals surface area contributed by atoms with Gasteiger partial charge in [-0.05, 0) is 18.2 Å². The Labute approximate surface area is 131 Å². The maximum Gasteiger partial charge on any atom is 0.409 e. The number of nitrogens with zero attached hydrogens (tertiary/aromatic N) is 2. The van der Waals surface area contributed by atoms with Crippen LogP contribution in [-0.2, 0) is 14.8 Å². The molecule has 1 heterocycles. The molecule has 1 fully saturated rings. The minimum atomic E-state index is -3.66. The van der Waals surface area contributed by atoms with E-state index in [9.17, 15) is 13.2 Å². The zero-order valence-corrected chi connectivity index (χ0v) is 13.9. The lowest BCUT2D eigenvalue weighted by molar-refractivity contribution is 0.108. The van der Waals surface area contributed by atoms with Crippen molar-refractivity contribution < 1.29 is 17.9 Å². The Hall–Kier alpha value is -1.32. The summed E-state index contributed by atoms with van der Waals surface area (Å²) in [5.41, 5.74) is 5.99. The molecule has 1 aliphatic rings. The SMILES string of the molecule is COC(=O)N1CCN(S(=O)(=O)c2ccc(Br)cc2N)CC1. The minimum absolute atomic E-state index is 0.0808. The van der Waals surface area contributed by atoms with Crippen LogP contribution in [0, 0.1) is 0 Å². The van der Waals surface area contributed by atoms with Crippen LogP contribution in [0.25, 0.3) is 0 Å². The predicted molar refractivity (Wildman–Crippen MR) is 81.3 cm³/mol. The van der Waals surface area contributed by atoms with Gasteiger partial charge in [-0.1, -0.05) is 15.9 Å². The normalized spacial score (nSPS) is 16.8. The van der Waals surface area contributed by atoms with Crippen molar-refractivity contribution in [2.24, 2.45) is 0 Å². The number of nitrogens with two attached hydrogens (primary N) is 1. The molecule has 0 unspecified atom stereocenters. The second-order valence-electron chi connectivity index (χ2n) is 4.54. The van der Waals surface area contributed by atoms with Crippen LogP contribution in [0.15, 0.2) is 27.6 Å². The average molecular weight is 378 g/mol. The van der Waals surface area contributed by atoms with Crippen molar-refractivity contribution in [3.63, 3.8) is 0 Å². The number of nitrogen functional groups attached to an aromatic ring is 1. The molecule has 1 amide bonds. The molecule has 1 aromatic rings. The van der Waals surface area contributed by atoms with Crippen molar-refractivity contribution in [3.05, 3.63) is 22.7 Å².